The Hall–Kier alpha value is -1.40. The van der Waals surface area contributed by atoms with E-state index in [1.54, 1.807) is 17.8 Å². The number of halogens is 1. The maximum atomic E-state index is 14.0. The number of hydrogen-bond acceptors (Lipinski definition) is 4. The van der Waals surface area contributed by atoms with Crippen LogP contribution in [0.15, 0.2) is 34.6 Å². The molecule has 0 saturated heterocycles. The molecule has 19 heavy (non-hydrogen) atoms. The van der Waals surface area contributed by atoms with Crippen LogP contribution in [0.5, 0.6) is 0 Å². The Balaban J connectivity index is 2.30. The molecule has 1 aromatic carbocycles. The quantitative estimate of drug-likeness (QED) is 0.913. The zero-order chi connectivity index (χ0) is 13.8. The Bertz CT molecular complexity index is 555. The molecule has 4 nitrogen and oxygen atoms in total. The summed E-state index contributed by atoms with van der Waals surface area (Å²) >= 11 is 1.29. The van der Waals surface area contributed by atoms with Crippen LogP contribution in [0.2, 0.25) is 0 Å². The molecule has 0 radical (unpaired) electrons. The summed E-state index contributed by atoms with van der Waals surface area (Å²) in [5.74, 6) is -0.242. The second-order valence-electron chi connectivity index (χ2n) is 4.37. The highest BCUT2D eigenvalue weighted by Gasteiger charge is 2.14. The summed E-state index contributed by atoms with van der Waals surface area (Å²) in [6, 6.07) is 5.13. The summed E-state index contributed by atoms with van der Waals surface area (Å²) in [6.45, 7) is 2.03. The monoisotopic (exact) mass is 280 g/mol. The lowest BCUT2D eigenvalue weighted by molar-refractivity contribution is 0.584. The molecule has 1 unspecified atom stereocenters. The van der Waals surface area contributed by atoms with Crippen molar-refractivity contribution in [1.29, 1.82) is 0 Å². The van der Waals surface area contributed by atoms with E-state index in [2.05, 4.69) is 10.1 Å². The molecule has 2 rings (SSSR count). The zero-order valence-electron chi connectivity index (χ0n) is 11.0. The standard InChI is InChI=1S/C13H17FN4S/c1-3-10(15)7-9-5-4-6-11(14)12(9)19-13-16-8-17-18(13)2/h4-6,8,10H,3,7,15H2,1-2H3. The second-order valence-corrected chi connectivity index (χ2v) is 5.35. The van der Waals surface area contributed by atoms with Crippen LogP contribution in [0.25, 0.3) is 0 Å². The lowest BCUT2D eigenvalue weighted by atomic mass is 10.0. The Morgan fingerprint density at radius 1 is 1.47 bits per heavy atom. The predicted molar refractivity (Wildman–Crippen MR) is 73.5 cm³/mol. The SMILES string of the molecule is CCC(N)Cc1cccc(F)c1Sc1ncnn1C. The molecule has 102 valence electrons. The van der Waals surface area contributed by atoms with E-state index in [9.17, 15) is 4.39 Å². The van der Waals surface area contributed by atoms with Crippen molar-refractivity contribution in [2.24, 2.45) is 12.8 Å². The van der Waals surface area contributed by atoms with Crippen molar-refractivity contribution in [3.05, 3.63) is 35.9 Å². The number of nitrogens with two attached hydrogens (primary N) is 1. The summed E-state index contributed by atoms with van der Waals surface area (Å²) in [6.07, 6.45) is 2.99. The van der Waals surface area contributed by atoms with Gasteiger partial charge in [-0.2, -0.15) is 5.10 Å². The average Bonchev–Trinajstić information content (AvgIpc) is 2.79. The minimum atomic E-state index is -0.242. The molecule has 6 heteroatoms. The molecule has 1 heterocycles. The Labute approximate surface area is 116 Å². The highest BCUT2D eigenvalue weighted by Crippen LogP contribution is 2.31. The van der Waals surface area contributed by atoms with Crippen LogP contribution in [0.3, 0.4) is 0 Å². The van der Waals surface area contributed by atoms with Crippen molar-refractivity contribution in [3.8, 4) is 0 Å². The maximum absolute atomic E-state index is 14.0. The van der Waals surface area contributed by atoms with Crippen molar-refractivity contribution < 1.29 is 4.39 Å². The molecule has 0 aliphatic carbocycles. The first-order valence-electron chi connectivity index (χ1n) is 6.16. The van der Waals surface area contributed by atoms with E-state index in [0.29, 0.717) is 16.5 Å². The topological polar surface area (TPSA) is 56.7 Å². The molecule has 2 aromatic rings. The number of aromatic nitrogens is 3. The van der Waals surface area contributed by atoms with E-state index < -0.39 is 0 Å². The van der Waals surface area contributed by atoms with Gasteiger partial charge in [0.25, 0.3) is 0 Å². The normalized spacial score (nSPS) is 12.6. The fourth-order valence-corrected chi connectivity index (χ4v) is 2.63. The largest absolute Gasteiger partial charge is 0.327 e. The van der Waals surface area contributed by atoms with Gasteiger partial charge in [0.1, 0.15) is 12.1 Å². The highest BCUT2D eigenvalue weighted by atomic mass is 32.2. The van der Waals surface area contributed by atoms with Crippen LogP contribution >= 0.6 is 11.8 Å². The number of nitrogens with zero attached hydrogens (tertiary/aromatic N) is 3. The van der Waals surface area contributed by atoms with E-state index in [1.807, 2.05) is 13.0 Å². The number of benzene rings is 1. The molecule has 0 bridgehead atoms. The highest BCUT2D eigenvalue weighted by molar-refractivity contribution is 7.99. The second kappa shape index (κ2) is 6.16. The number of hydrogen-bond donors (Lipinski definition) is 1. The van der Waals surface area contributed by atoms with Gasteiger partial charge in [-0.3, -0.25) is 0 Å². The van der Waals surface area contributed by atoms with Crippen molar-refractivity contribution in [1.82, 2.24) is 14.8 Å². The van der Waals surface area contributed by atoms with E-state index in [4.69, 9.17) is 5.73 Å². The van der Waals surface area contributed by atoms with E-state index in [-0.39, 0.29) is 11.9 Å². The molecule has 0 spiro atoms. The van der Waals surface area contributed by atoms with Crippen LogP contribution < -0.4 is 5.73 Å². The number of aryl methyl sites for hydroxylation is 1. The third-order valence-corrected chi connectivity index (χ3v) is 4.13. The van der Waals surface area contributed by atoms with E-state index in [0.717, 1.165) is 12.0 Å². The Morgan fingerprint density at radius 3 is 2.89 bits per heavy atom. The fraction of sp³-hybridized carbons (Fsp3) is 0.385. The van der Waals surface area contributed by atoms with Crippen LogP contribution in [0, 0.1) is 5.82 Å². The van der Waals surface area contributed by atoms with Crippen LogP contribution in [0.4, 0.5) is 4.39 Å². The summed E-state index contributed by atoms with van der Waals surface area (Å²) in [4.78, 5) is 4.70. The van der Waals surface area contributed by atoms with Gasteiger partial charge in [-0.1, -0.05) is 19.1 Å². The smallest absolute Gasteiger partial charge is 0.190 e. The molecular weight excluding hydrogens is 263 g/mol. The third-order valence-electron chi connectivity index (χ3n) is 2.92. The number of rotatable bonds is 5. The fourth-order valence-electron chi connectivity index (χ4n) is 1.72. The third kappa shape index (κ3) is 3.33. The van der Waals surface area contributed by atoms with Gasteiger partial charge in [0.15, 0.2) is 5.16 Å². The molecule has 1 aromatic heterocycles. The molecule has 0 fully saturated rings. The van der Waals surface area contributed by atoms with Gasteiger partial charge < -0.3 is 5.73 Å². The molecule has 0 aliphatic heterocycles. The van der Waals surface area contributed by atoms with Gasteiger partial charge in [-0.05, 0) is 36.2 Å². The molecular formula is C13H17FN4S. The molecule has 0 aliphatic rings. The first kappa shape index (κ1) is 14.0. The van der Waals surface area contributed by atoms with Gasteiger partial charge in [0.05, 0.1) is 4.90 Å². The van der Waals surface area contributed by atoms with Gasteiger partial charge in [-0.15, -0.1) is 0 Å². The Kier molecular flexibility index (Phi) is 4.55. The lowest BCUT2D eigenvalue weighted by Gasteiger charge is -2.13. The maximum Gasteiger partial charge on any atom is 0.190 e. The first-order chi connectivity index (χ1) is 9.11. The van der Waals surface area contributed by atoms with Crippen LogP contribution in [-0.4, -0.2) is 20.8 Å². The van der Waals surface area contributed by atoms with Gasteiger partial charge in [-0.25, -0.2) is 14.1 Å². The minimum absolute atomic E-state index is 0.0423. The first-order valence-corrected chi connectivity index (χ1v) is 6.98. The summed E-state index contributed by atoms with van der Waals surface area (Å²) in [5.41, 5.74) is 6.88. The van der Waals surface area contributed by atoms with Crippen LogP contribution in [0.1, 0.15) is 18.9 Å². The molecule has 2 N–H and O–H groups in total. The van der Waals surface area contributed by atoms with Gasteiger partial charge in [0, 0.05) is 13.1 Å². The van der Waals surface area contributed by atoms with E-state index >= 15 is 0 Å². The van der Waals surface area contributed by atoms with Crippen LogP contribution in [-0.2, 0) is 13.5 Å². The average molecular weight is 280 g/mol. The molecule has 0 saturated carbocycles. The van der Waals surface area contributed by atoms with E-state index in [1.165, 1.54) is 24.2 Å². The Morgan fingerprint density at radius 2 is 2.26 bits per heavy atom. The summed E-state index contributed by atoms with van der Waals surface area (Å²) in [7, 11) is 1.79. The summed E-state index contributed by atoms with van der Waals surface area (Å²) in [5, 5.41) is 4.65. The summed E-state index contributed by atoms with van der Waals surface area (Å²) < 4.78 is 15.6. The van der Waals surface area contributed by atoms with Gasteiger partial charge in [0.2, 0.25) is 0 Å². The lowest BCUT2D eigenvalue weighted by Crippen LogP contribution is -2.21. The van der Waals surface area contributed by atoms with Crippen molar-refractivity contribution in [2.75, 3.05) is 0 Å². The molecule has 0 amide bonds. The van der Waals surface area contributed by atoms with Crippen molar-refractivity contribution in [2.45, 2.75) is 35.9 Å². The molecule has 1 atom stereocenters. The van der Waals surface area contributed by atoms with Crippen molar-refractivity contribution >= 4 is 11.8 Å². The minimum Gasteiger partial charge on any atom is -0.327 e. The zero-order valence-corrected chi connectivity index (χ0v) is 11.8. The predicted octanol–water partition coefficient (Wildman–Crippen LogP) is 2.39. The van der Waals surface area contributed by atoms with Gasteiger partial charge >= 0.3 is 0 Å². The van der Waals surface area contributed by atoms with Crippen molar-refractivity contribution in [3.63, 3.8) is 0 Å².